The molecule has 19 heavy (non-hydrogen) atoms. The van der Waals surface area contributed by atoms with Gasteiger partial charge >= 0.3 is 0 Å². The largest absolute Gasteiger partial charge is 0.342 e. The number of likely N-dealkylation sites (tertiary alicyclic amines) is 2. The first-order valence-electron chi connectivity index (χ1n) is 8.00. The zero-order chi connectivity index (χ0) is 13.5. The van der Waals surface area contributed by atoms with Crippen LogP contribution in [0.4, 0.5) is 0 Å². The molecule has 0 saturated carbocycles. The van der Waals surface area contributed by atoms with Crippen LogP contribution in [0.25, 0.3) is 0 Å². The Hall–Kier alpha value is -0.610. The van der Waals surface area contributed by atoms with Crippen molar-refractivity contribution in [3.63, 3.8) is 0 Å². The van der Waals surface area contributed by atoms with E-state index in [2.05, 4.69) is 4.90 Å². The van der Waals surface area contributed by atoms with E-state index in [1.165, 1.54) is 51.7 Å². The summed E-state index contributed by atoms with van der Waals surface area (Å²) < 4.78 is 0. The smallest absolute Gasteiger partial charge is 0.222 e. The molecule has 0 bridgehead atoms. The van der Waals surface area contributed by atoms with Gasteiger partial charge in [-0.1, -0.05) is 12.8 Å². The van der Waals surface area contributed by atoms with Crippen molar-refractivity contribution in [2.75, 3.05) is 39.3 Å². The second kappa shape index (κ2) is 7.85. The van der Waals surface area contributed by atoms with Gasteiger partial charge in [-0.15, -0.1) is 0 Å². The van der Waals surface area contributed by atoms with E-state index in [0.29, 0.717) is 24.8 Å². The highest BCUT2D eigenvalue weighted by molar-refractivity contribution is 5.78. The molecule has 0 aliphatic carbocycles. The van der Waals surface area contributed by atoms with Crippen LogP contribution in [0.1, 0.15) is 44.9 Å². The van der Waals surface area contributed by atoms with Crippen molar-refractivity contribution >= 4 is 5.91 Å². The molecule has 1 unspecified atom stereocenters. The summed E-state index contributed by atoms with van der Waals surface area (Å²) >= 11 is 0. The molecule has 2 N–H and O–H groups in total. The number of rotatable bonds is 6. The fourth-order valence-corrected chi connectivity index (χ4v) is 3.23. The molecule has 0 aromatic heterocycles. The molecule has 2 rings (SSSR count). The molecule has 4 nitrogen and oxygen atoms in total. The zero-order valence-electron chi connectivity index (χ0n) is 12.1. The Morgan fingerprint density at radius 3 is 2.37 bits per heavy atom. The van der Waals surface area contributed by atoms with Crippen LogP contribution in [0.2, 0.25) is 0 Å². The predicted molar refractivity (Wildman–Crippen MR) is 77.9 cm³/mol. The van der Waals surface area contributed by atoms with E-state index >= 15 is 0 Å². The van der Waals surface area contributed by atoms with Crippen molar-refractivity contribution in [3.8, 4) is 0 Å². The topological polar surface area (TPSA) is 49.6 Å². The van der Waals surface area contributed by atoms with Gasteiger partial charge in [-0.2, -0.15) is 0 Å². The third kappa shape index (κ3) is 4.77. The second-order valence-electron chi connectivity index (χ2n) is 6.11. The SMILES string of the molecule is NCC1CC(=O)N(CCCCN2CCCCCC2)C1. The fraction of sp³-hybridized carbons (Fsp3) is 0.933. The summed E-state index contributed by atoms with van der Waals surface area (Å²) in [5, 5.41) is 0. The molecule has 2 saturated heterocycles. The maximum Gasteiger partial charge on any atom is 0.222 e. The third-order valence-corrected chi connectivity index (χ3v) is 4.48. The van der Waals surface area contributed by atoms with Crippen molar-refractivity contribution in [2.24, 2.45) is 11.7 Å². The molecule has 2 fully saturated rings. The summed E-state index contributed by atoms with van der Waals surface area (Å²) in [5.41, 5.74) is 5.64. The van der Waals surface area contributed by atoms with Gasteiger partial charge in [0, 0.05) is 19.5 Å². The minimum atomic E-state index is 0.310. The number of nitrogens with zero attached hydrogens (tertiary/aromatic N) is 2. The highest BCUT2D eigenvalue weighted by atomic mass is 16.2. The van der Waals surface area contributed by atoms with Crippen molar-refractivity contribution in [1.29, 1.82) is 0 Å². The molecule has 2 aliphatic rings. The Morgan fingerprint density at radius 2 is 1.74 bits per heavy atom. The first kappa shape index (κ1) is 14.8. The van der Waals surface area contributed by atoms with Crippen molar-refractivity contribution in [3.05, 3.63) is 0 Å². The molecule has 0 spiro atoms. The summed E-state index contributed by atoms with van der Waals surface area (Å²) in [7, 11) is 0. The van der Waals surface area contributed by atoms with Crippen LogP contribution in [0.15, 0.2) is 0 Å². The van der Waals surface area contributed by atoms with Crippen molar-refractivity contribution < 1.29 is 4.79 Å². The first-order valence-corrected chi connectivity index (χ1v) is 8.00. The van der Waals surface area contributed by atoms with E-state index in [1.807, 2.05) is 4.90 Å². The third-order valence-electron chi connectivity index (χ3n) is 4.48. The molecule has 110 valence electrons. The normalized spacial score (nSPS) is 25.8. The molecule has 2 heterocycles. The molecular formula is C15H29N3O. The molecule has 0 aromatic carbocycles. The summed E-state index contributed by atoms with van der Waals surface area (Å²) in [4.78, 5) is 16.4. The van der Waals surface area contributed by atoms with E-state index < -0.39 is 0 Å². The van der Waals surface area contributed by atoms with Crippen molar-refractivity contribution in [1.82, 2.24) is 9.80 Å². The molecule has 4 heteroatoms. The van der Waals surface area contributed by atoms with Gasteiger partial charge in [0.15, 0.2) is 0 Å². The maximum absolute atomic E-state index is 11.7. The Labute approximate surface area is 117 Å². The Balaban J connectivity index is 1.57. The van der Waals surface area contributed by atoms with E-state index in [4.69, 9.17) is 5.73 Å². The Morgan fingerprint density at radius 1 is 1.05 bits per heavy atom. The van der Waals surface area contributed by atoms with E-state index in [0.717, 1.165) is 19.5 Å². The lowest BCUT2D eigenvalue weighted by Crippen LogP contribution is -2.29. The van der Waals surface area contributed by atoms with Gasteiger partial charge in [-0.05, 0) is 57.8 Å². The summed E-state index contributed by atoms with van der Waals surface area (Å²) in [5.74, 6) is 0.711. The van der Waals surface area contributed by atoms with Crippen LogP contribution < -0.4 is 5.73 Å². The number of hydrogen-bond acceptors (Lipinski definition) is 3. The van der Waals surface area contributed by atoms with Gasteiger partial charge in [-0.25, -0.2) is 0 Å². The molecule has 0 radical (unpaired) electrons. The van der Waals surface area contributed by atoms with E-state index in [-0.39, 0.29) is 0 Å². The average molecular weight is 267 g/mol. The molecule has 1 atom stereocenters. The van der Waals surface area contributed by atoms with Gasteiger partial charge in [0.05, 0.1) is 0 Å². The van der Waals surface area contributed by atoms with E-state index in [9.17, 15) is 4.79 Å². The van der Waals surface area contributed by atoms with E-state index in [1.54, 1.807) is 0 Å². The Bertz CT molecular complexity index is 275. The van der Waals surface area contributed by atoms with Crippen LogP contribution in [0, 0.1) is 5.92 Å². The van der Waals surface area contributed by atoms with Crippen LogP contribution in [-0.4, -0.2) is 55.0 Å². The van der Waals surface area contributed by atoms with Gasteiger partial charge in [0.25, 0.3) is 0 Å². The zero-order valence-corrected chi connectivity index (χ0v) is 12.1. The van der Waals surface area contributed by atoms with Crippen LogP contribution in [0.5, 0.6) is 0 Å². The maximum atomic E-state index is 11.7. The standard InChI is InChI=1S/C15H29N3O/c16-12-14-11-15(19)18(13-14)10-6-5-9-17-7-3-1-2-4-8-17/h14H,1-13,16H2. The quantitative estimate of drug-likeness (QED) is 0.741. The summed E-state index contributed by atoms with van der Waals surface area (Å²) in [6.07, 6.45) is 8.56. The highest BCUT2D eigenvalue weighted by Gasteiger charge is 2.27. The Kier molecular flexibility index (Phi) is 6.11. The number of carbonyl (C=O) groups is 1. The number of nitrogens with two attached hydrogens (primary N) is 1. The number of amides is 1. The summed E-state index contributed by atoms with van der Waals surface area (Å²) in [6.45, 7) is 6.23. The predicted octanol–water partition coefficient (Wildman–Crippen LogP) is 1.45. The van der Waals surface area contributed by atoms with Gasteiger partial charge < -0.3 is 15.5 Å². The minimum absolute atomic E-state index is 0.310. The number of hydrogen-bond donors (Lipinski definition) is 1. The average Bonchev–Trinajstić information content (AvgIpc) is 2.63. The number of carbonyl (C=O) groups excluding carboxylic acids is 1. The van der Waals surface area contributed by atoms with Crippen LogP contribution in [-0.2, 0) is 4.79 Å². The summed E-state index contributed by atoms with van der Waals surface area (Å²) in [6, 6.07) is 0. The molecular weight excluding hydrogens is 238 g/mol. The van der Waals surface area contributed by atoms with Crippen molar-refractivity contribution in [2.45, 2.75) is 44.9 Å². The van der Waals surface area contributed by atoms with Crippen LogP contribution >= 0.6 is 0 Å². The first-order chi connectivity index (χ1) is 9.29. The molecule has 2 aliphatic heterocycles. The van der Waals surface area contributed by atoms with Gasteiger partial charge in [-0.3, -0.25) is 4.79 Å². The lowest BCUT2D eigenvalue weighted by molar-refractivity contribution is -0.127. The second-order valence-corrected chi connectivity index (χ2v) is 6.11. The minimum Gasteiger partial charge on any atom is -0.342 e. The lowest BCUT2D eigenvalue weighted by Gasteiger charge is -2.21. The molecule has 1 amide bonds. The fourth-order valence-electron chi connectivity index (χ4n) is 3.23. The number of unbranched alkanes of at least 4 members (excludes halogenated alkanes) is 1. The van der Waals surface area contributed by atoms with Gasteiger partial charge in [0.2, 0.25) is 5.91 Å². The molecule has 0 aromatic rings. The monoisotopic (exact) mass is 267 g/mol. The lowest BCUT2D eigenvalue weighted by atomic mass is 10.1. The van der Waals surface area contributed by atoms with Crippen LogP contribution in [0.3, 0.4) is 0 Å². The highest BCUT2D eigenvalue weighted by Crippen LogP contribution is 2.17. The van der Waals surface area contributed by atoms with Gasteiger partial charge in [0.1, 0.15) is 0 Å².